The van der Waals surface area contributed by atoms with Gasteiger partial charge in [0.05, 0.1) is 0 Å². The monoisotopic (exact) mass is 207 g/mol. The van der Waals surface area contributed by atoms with Crippen molar-refractivity contribution in [2.45, 2.75) is 33.7 Å². The van der Waals surface area contributed by atoms with Crippen LogP contribution in [0.2, 0.25) is 0 Å². The standard InChI is InChI=1S/C11H12FN.C2H6/c1-2-6-13-7-5-9-8-10(12)3-4-11(9)13;1-2/h3-5,7-8H,2,6H2,1H3;1-2H3. The smallest absolute Gasteiger partial charge is 0.123 e. The first kappa shape index (κ1) is 11.8. The highest BCUT2D eigenvalue weighted by Crippen LogP contribution is 2.17. The molecule has 0 spiro atoms. The van der Waals surface area contributed by atoms with Gasteiger partial charge < -0.3 is 4.57 Å². The van der Waals surface area contributed by atoms with Crippen LogP contribution in [0, 0.1) is 5.82 Å². The fraction of sp³-hybridized carbons (Fsp3) is 0.385. The van der Waals surface area contributed by atoms with Gasteiger partial charge in [0.15, 0.2) is 0 Å². The lowest BCUT2D eigenvalue weighted by Crippen LogP contribution is -1.93. The summed E-state index contributed by atoms with van der Waals surface area (Å²) in [6, 6.07) is 6.87. The molecule has 1 heterocycles. The van der Waals surface area contributed by atoms with Crippen LogP contribution in [0.4, 0.5) is 4.39 Å². The van der Waals surface area contributed by atoms with E-state index in [4.69, 9.17) is 0 Å². The predicted octanol–water partition coefficient (Wildman–Crippen LogP) is 4.22. The van der Waals surface area contributed by atoms with Crippen molar-refractivity contribution in [3.63, 3.8) is 0 Å². The molecule has 0 atom stereocenters. The molecule has 0 aliphatic rings. The van der Waals surface area contributed by atoms with Crippen LogP contribution in [0.15, 0.2) is 30.5 Å². The molecule has 1 aromatic carbocycles. The quantitative estimate of drug-likeness (QED) is 0.695. The molecule has 0 unspecified atom stereocenters. The van der Waals surface area contributed by atoms with E-state index in [0.29, 0.717) is 0 Å². The summed E-state index contributed by atoms with van der Waals surface area (Å²) in [7, 11) is 0. The zero-order valence-electron chi connectivity index (χ0n) is 9.63. The number of halogens is 1. The summed E-state index contributed by atoms with van der Waals surface area (Å²) >= 11 is 0. The maximum absolute atomic E-state index is 12.8. The highest BCUT2D eigenvalue weighted by Gasteiger charge is 2.00. The third kappa shape index (κ3) is 2.58. The van der Waals surface area contributed by atoms with Crippen LogP contribution in [0.25, 0.3) is 10.9 Å². The summed E-state index contributed by atoms with van der Waals surface area (Å²) in [6.07, 6.45) is 3.11. The highest BCUT2D eigenvalue weighted by atomic mass is 19.1. The van der Waals surface area contributed by atoms with E-state index in [2.05, 4.69) is 11.5 Å². The second kappa shape index (κ2) is 5.54. The number of fused-ring (bicyclic) bond motifs is 1. The summed E-state index contributed by atoms with van der Waals surface area (Å²) in [6.45, 7) is 7.13. The number of hydrogen-bond acceptors (Lipinski definition) is 0. The van der Waals surface area contributed by atoms with Gasteiger partial charge in [0.2, 0.25) is 0 Å². The Morgan fingerprint density at radius 3 is 2.60 bits per heavy atom. The van der Waals surface area contributed by atoms with Crippen LogP contribution in [-0.2, 0) is 6.54 Å². The fourth-order valence-corrected chi connectivity index (χ4v) is 1.61. The van der Waals surface area contributed by atoms with Crippen molar-refractivity contribution in [1.29, 1.82) is 0 Å². The van der Waals surface area contributed by atoms with E-state index in [1.54, 1.807) is 6.07 Å². The first-order valence-corrected chi connectivity index (χ1v) is 5.55. The molecule has 0 aliphatic carbocycles. The van der Waals surface area contributed by atoms with E-state index in [-0.39, 0.29) is 5.82 Å². The molecule has 2 rings (SSSR count). The van der Waals surface area contributed by atoms with Gasteiger partial charge in [-0.3, -0.25) is 0 Å². The lowest BCUT2D eigenvalue weighted by molar-refractivity contribution is 0.629. The SMILES string of the molecule is CC.CCCn1ccc2cc(F)ccc21. The molecule has 0 bridgehead atoms. The van der Waals surface area contributed by atoms with Gasteiger partial charge in [-0.25, -0.2) is 4.39 Å². The Hall–Kier alpha value is -1.31. The molecule has 1 aromatic heterocycles. The molecule has 0 saturated carbocycles. The van der Waals surface area contributed by atoms with Crippen LogP contribution in [0.5, 0.6) is 0 Å². The Morgan fingerprint density at radius 1 is 1.20 bits per heavy atom. The Kier molecular flexibility index (Phi) is 4.35. The van der Waals surface area contributed by atoms with E-state index >= 15 is 0 Å². The molecule has 82 valence electrons. The van der Waals surface area contributed by atoms with Crippen LogP contribution < -0.4 is 0 Å². The average Bonchev–Trinajstić information content (AvgIpc) is 2.64. The predicted molar refractivity (Wildman–Crippen MR) is 63.5 cm³/mol. The van der Waals surface area contributed by atoms with E-state index in [9.17, 15) is 4.39 Å². The minimum atomic E-state index is -0.165. The maximum atomic E-state index is 12.8. The third-order valence-corrected chi connectivity index (χ3v) is 2.20. The van der Waals surface area contributed by atoms with E-state index in [1.807, 2.05) is 32.2 Å². The lowest BCUT2D eigenvalue weighted by atomic mass is 10.2. The number of hydrogen-bond donors (Lipinski definition) is 0. The molecule has 0 saturated heterocycles. The van der Waals surface area contributed by atoms with Crippen molar-refractivity contribution in [1.82, 2.24) is 4.57 Å². The van der Waals surface area contributed by atoms with Gasteiger partial charge in [-0.1, -0.05) is 20.8 Å². The van der Waals surface area contributed by atoms with E-state index in [0.717, 1.165) is 23.9 Å². The highest BCUT2D eigenvalue weighted by molar-refractivity contribution is 5.80. The van der Waals surface area contributed by atoms with Gasteiger partial charge in [-0.2, -0.15) is 0 Å². The van der Waals surface area contributed by atoms with Crippen LogP contribution in [0.1, 0.15) is 27.2 Å². The minimum absolute atomic E-state index is 0.165. The van der Waals surface area contributed by atoms with Crippen molar-refractivity contribution in [3.8, 4) is 0 Å². The first-order chi connectivity index (χ1) is 7.31. The summed E-state index contributed by atoms with van der Waals surface area (Å²) in [4.78, 5) is 0. The Bertz CT molecular complexity index is 417. The number of nitrogens with zero attached hydrogens (tertiary/aromatic N) is 1. The van der Waals surface area contributed by atoms with Crippen molar-refractivity contribution in [3.05, 3.63) is 36.3 Å². The molecule has 15 heavy (non-hydrogen) atoms. The largest absolute Gasteiger partial charge is 0.347 e. The van der Waals surface area contributed by atoms with Crippen LogP contribution in [0.3, 0.4) is 0 Å². The maximum Gasteiger partial charge on any atom is 0.123 e. The molecule has 0 N–H and O–H groups in total. The van der Waals surface area contributed by atoms with E-state index in [1.165, 1.54) is 6.07 Å². The van der Waals surface area contributed by atoms with Crippen molar-refractivity contribution >= 4 is 10.9 Å². The fourth-order valence-electron chi connectivity index (χ4n) is 1.61. The second-order valence-corrected chi connectivity index (χ2v) is 3.21. The number of aromatic nitrogens is 1. The first-order valence-electron chi connectivity index (χ1n) is 5.55. The molecule has 2 aromatic rings. The summed E-state index contributed by atoms with van der Waals surface area (Å²) in [5.41, 5.74) is 1.11. The van der Waals surface area contributed by atoms with Crippen LogP contribution in [-0.4, -0.2) is 4.57 Å². The van der Waals surface area contributed by atoms with Gasteiger partial charge >= 0.3 is 0 Å². The molecule has 0 aliphatic heterocycles. The molecular formula is C13H18FN. The normalized spacial score (nSPS) is 9.87. The minimum Gasteiger partial charge on any atom is -0.347 e. The van der Waals surface area contributed by atoms with Crippen molar-refractivity contribution in [2.24, 2.45) is 0 Å². The van der Waals surface area contributed by atoms with Gasteiger partial charge in [0, 0.05) is 23.6 Å². The van der Waals surface area contributed by atoms with Crippen molar-refractivity contribution in [2.75, 3.05) is 0 Å². The zero-order chi connectivity index (χ0) is 11.3. The molecule has 1 nitrogen and oxygen atoms in total. The Labute approximate surface area is 90.5 Å². The number of rotatable bonds is 2. The molecule has 2 heteroatoms. The second-order valence-electron chi connectivity index (χ2n) is 3.21. The Morgan fingerprint density at radius 2 is 1.93 bits per heavy atom. The zero-order valence-corrected chi connectivity index (χ0v) is 9.63. The summed E-state index contributed by atoms with van der Waals surface area (Å²) in [5.74, 6) is -0.165. The van der Waals surface area contributed by atoms with Gasteiger partial charge in [0.1, 0.15) is 5.82 Å². The van der Waals surface area contributed by atoms with E-state index < -0.39 is 0 Å². The molecule has 0 fully saturated rings. The summed E-state index contributed by atoms with van der Waals surface area (Å²) in [5, 5.41) is 0.980. The van der Waals surface area contributed by atoms with Gasteiger partial charge in [0.25, 0.3) is 0 Å². The number of benzene rings is 1. The lowest BCUT2D eigenvalue weighted by Gasteiger charge is -2.01. The van der Waals surface area contributed by atoms with Crippen LogP contribution >= 0.6 is 0 Å². The topological polar surface area (TPSA) is 4.93 Å². The summed E-state index contributed by atoms with van der Waals surface area (Å²) < 4.78 is 15.0. The average molecular weight is 207 g/mol. The van der Waals surface area contributed by atoms with Gasteiger partial charge in [-0.05, 0) is 30.7 Å². The number of aryl methyl sites for hydroxylation is 1. The van der Waals surface area contributed by atoms with Crippen molar-refractivity contribution < 1.29 is 4.39 Å². The molecule has 0 amide bonds. The Balaban J connectivity index is 0.000000531. The molecule has 0 radical (unpaired) electrons. The third-order valence-electron chi connectivity index (χ3n) is 2.20. The molecular weight excluding hydrogens is 189 g/mol. The van der Waals surface area contributed by atoms with Gasteiger partial charge in [-0.15, -0.1) is 0 Å².